The van der Waals surface area contributed by atoms with Crippen LogP contribution in [0.1, 0.15) is 29.6 Å². The van der Waals surface area contributed by atoms with Crippen LogP contribution in [-0.2, 0) is 9.53 Å². The van der Waals surface area contributed by atoms with Gasteiger partial charge in [-0.25, -0.2) is 0 Å². The largest absolute Gasteiger partial charge is 0.496 e. The second kappa shape index (κ2) is 7.16. The fourth-order valence-electron chi connectivity index (χ4n) is 1.48. The van der Waals surface area contributed by atoms with Crippen LogP contribution in [-0.4, -0.2) is 26.0 Å². The minimum Gasteiger partial charge on any atom is -0.496 e. The molecule has 0 saturated carbocycles. The number of halogens is 1. The molecular formula is C13H15BrO4. The Morgan fingerprint density at radius 1 is 1.22 bits per heavy atom. The van der Waals surface area contributed by atoms with E-state index in [4.69, 9.17) is 4.74 Å². The van der Waals surface area contributed by atoms with Gasteiger partial charge in [0.2, 0.25) is 0 Å². The van der Waals surface area contributed by atoms with Gasteiger partial charge >= 0.3 is 5.97 Å². The summed E-state index contributed by atoms with van der Waals surface area (Å²) in [7, 11) is 2.91. The van der Waals surface area contributed by atoms with Crippen molar-refractivity contribution in [1.82, 2.24) is 0 Å². The molecule has 0 heterocycles. The lowest BCUT2D eigenvalue weighted by Gasteiger charge is -2.05. The third-order valence-electron chi connectivity index (χ3n) is 2.49. The molecule has 0 aliphatic carbocycles. The fraction of sp³-hybridized carbons (Fsp3) is 0.385. The summed E-state index contributed by atoms with van der Waals surface area (Å²) in [6.45, 7) is 0. The summed E-state index contributed by atoms with van der Waals surface area (Å²) in [4.78, 5) is 22.8. The zero-order valence-electron chi connectivity index (χ0n) is 10.4. The molecule has 0 atom stereocenters. The standard InChI is InChI=1S/C13H15BrO4/c1-17-12-7-6-9(8-10(12)14)11(15)4-3-5-13(16)18-2/h6-8H,3-5H2,1-2H3. The maximum absolute atomic E-state index is 11.9. The highest BCUT2D eigenvalue weighted by molar-refractivity contribution is 9.10. The maximum Gasteiger partial charge on any atom is 0.305 e. The Morgan fingerprint density at radius 2 is 1.94 bits per heavy atom. The van der Waals surface area contributed by atoms with Crippen LogP contribution in [0.3, 0.4) is 0 Å². The summed E-state index contributed by atoms with van der Waals surface area (Å²) in [5.74, 6) is 0.391. The van der Waals surface area contributed by atoms with E-state index >= 15 is 0 Å². The molecule has 0 radical (unpaired) electrons. The van der Waals surface area contributed by atoms with E-state index < -0.39 is 0 Å². The van der Waals surface area contributed by atoms with Crippen molar-refractivity contribution in [2.45, 2.75) is 19.3 Å². The average Bonchev–Trinajstić information content (AvgIpc) is 2.38. The van der Waals surface area contributed by atoms with Gasteiger partial charge in [0, 0.05) is 18.4 Å². The van der Waals surface area contributed by atoms with E-state index in [1.54, 1.807) is 25.3 Å². The Balaban J connectivity index is 2.56. The van der Waals surface area contributed by atoms with E-state index in [1.807, 2.05) is 0 Å². The summed E-state index contributed by atoms with van der Waals surface area (Å²) in [6, 6.07) is 5.17. The predicted molar refractivity (Wildman–Crippen MR) is 70.9 cm³/mol. The van der Waals surface area contributed by atoms with E-state index in [0.29, 0.717) is 24.2 Å². The molecule has 0 fully saturated rings. The summed E-state index contributed by atoms with van der Waals surface area (Å²) >= 11 is 3.33. The van der Waals surface area contributed by atoms with Gasteiger partial charge in [0.05, 0.1) is 18.7 Å². The van der Waals surface area contributed by atoms with E-state index in [-0.39, 0.29) is 18.2 Å². The number of methoxy groups -OCH3 is 2. The molecule has 0 aromatic heterocycles. The number of Topliss-reactive ketones (excluding diaryl/α,β-unsaturated/α-hetero) is 1. The molecule has 1 aromatic rings. The van der Waals surface area contributed by atoms with E-state index in [1.165, 1.54) is 7.11 Å². The summed E-state index contributed by atoms with van der Waals surface area (Å²) in [6.07, 6.45) is 1.09. The SMILES string of the molecule is COC(=O)CCCC(=O)c1ccc(OC)c(Br)c1. The molecular weight excluding hydrogens is 300 g/mol. The normalized spacial score (nSPS) is 9.94. The van der Waals surface area contributed by atoms with Crippen LogP contribution in [0.2, 0.25) is 0 Å². The van der Waals surface area contributed by atoms with Crippen molar-refractivity contribution >= 4 is 27.7 Å². The van der Waals surface area contributed by atoms with Crippen molar-refractivity contribution in [3.8, 4) is 5.75 Å². The van der Waals surface area contributed by atoms with E-state index in [9.17, 15) is 9.59 Å². The lowest BCUT2D eigenvalue weighted by atomic mass is 10.1. The quantitative estimate of drug-likeness (QED) is 0.598. The Kier molecular flexibility index (Phi) is 5.85. The van der Waals surface area contributed by atoms with E-state index in [0.717, 1.165) is 4.47 Å². The number of hydrogen-bond acceptors (Lipinski definition) is 4. The topological polar surface area (TPSA) is 52.6 Å². The van der Waals surface area contributed by atoms with Gasteiger partial charge in [-0.1, -0.05) is 0 Å². The van der Waals surface area contributed by atoms with Crippen LogP contribution in [0.15, 0.2) is 22.7 Å². The fourth-order valence-corrected chi connectivity index (χ4v) is 2.02. The van der Waals surface area contributed by atoms with Crippen molar-refractivity contribution in [1.29, 1.82) is 0 Å². The average molecular weight is 315 g/mol. The first kappa shape index (κ1) is 14.7. The molecule has 4 nitrogen and oxygen atoms in total. The van der Waals surface area contributed by atoms with Crippen LogP contribution < -0.4 is 4.74 Å². The molecule has 98 valence electrons. The van der Waals surface area contributed by atoms with Gasteiger partial charge in [-0.3, -0.25) is 9.59 Å². The van der Waals surface area contributed by atoms with Gasteiger partial charge in [0.25, 0.3) is 0 Å². The van der Waals surface area contributed by atoms with Gasteiger partial charge < -0.3 is 9.47 Å². The molecule has 1 rings (SSSR count). The summed E-state index contributed by atoms with van der Waals surface area (Å²) in [5.41, 5.74) is 0.604. The minimum absolute atomic E-state index is 0.00209. The monoisotopic (exact) mass is 314 g/mol. The van der Waals surface area contributed by atoms with Crippen LogP contribution in [0.4, 0.5) is 0 Å². The highest BCUT2D eigenvalue weighted by atomic mass is 79.9. The van der Waals surface area contributed by atoms with E-state index in [2.05, 4.69) is 20.7 Å². The van der Waals surface area contributed by atoms with Crippen molar-refractivity contribution < 1.29 is 19.1 Å². The second-order valence-electron chi connectivity index (χ2n) is 3.70. The first-order chi connectivity index (χ1) is 8.58. The first-order valence-corrected chi connectivity index (χ1v) is 6.31. The molecule has 0 saturated heterocycles. The van der Waals surface area contributed by atoms with Crippen LogP contribution in [0, 0.1) is 0 Å². The Morgan fingerprint density at radius 3 is 2.50 bits per heavy atom. The Labute approximate surface area is 114 Å². The number of carbonyl (C=O) groups excluding carboxylic acids is 2. The van der Waals surface area contributed by atoms with Gasteiger partial charge in [-0.2, -0.15) is 0 Å². The number of hydrogen-bond donors (Lipinski definition) is 0. The third-order valence-corrected chi connectivity index (χ3v) is 3.11. The summed E-state index contributed by atoms with van der Waals surface area (Å²) in [5, 5.41) is 0. The number of benzene rings is 1. The van der Waals surface area contributed by atoms with Crippen molar-refractivity contribution in [2.24, 2.45) is 0 Å². The molecule has 0 bridgehead atoms. The highest BCUT2D eigenvalue weighted by Gasteiger charge is 2.10. The Bertz CT molecular complexity index is 443. The minimum atomic E-state index is -0.293. The van der Waals surface area contributed by atoms with Crippen molar-refractivity contribution in [2.75, 3.05) is 14.2 Å². The zero-order valence-corrected chi connectivity index (χ0v) is 12.0. The number of esters is 1. The zero-order chi connectivity index (χ0) is 13.5. The van der Waals surface area contributed by atoms with Gasteiger partial charge in [-0.05, 0) is 40.5 Å². The maximum atomic E-state index is 11.9. The number of ketones is 1. The molecule has 1 aromatic carbocycles. The smallest absolute Gasteiger partial charge is 0.305 e. The van der Waals surface area contributed by atoms with Crippen LogP contribution in [0.25, 0.3) is 0 Å². The lowest BCUT2D eigenvalue weighted by molar-refractivity contribution is -0.140. The highest BCUT2D eigenvalue weighted by Crippen LogP contribution is 2.26. The lowest BCUT2D eigenvalue weighted by Crippen LogP contribution is -2.04. The van der Waals surface area contributed by atoms with Crippen molar-refractivity contribution in [3.05, 3.63) is 28.2 Å². The Hall–Kier alpha value is -1.36. The number of ether oxygens (including phenoxy) is 2. The number of rotatable bonds is 6. The van der Waals surface area contributed by atoms with Gasteiger partial charge in [0.1, 0.15) is 5.75 Å². The molecule has 0 unspecified atom stereocenters. The van der Waals surface area contributed by atoms with Crippen LogP contribution >= 0.6 is 15.9 Å². The molecule has 0 amide bonds. The van der Waals surface area contributed by atoms with Crippen LogP contribution in [0.5, 0.6) is 5.75 Å². The van der Waals surface area contributed by atoms with Crippen molar-refractivity contribution in [3.63, 3.8) is 0 Å². The third kappa shape index (κ3) is 4.14. The molecule has 0 aliphatic rings. The number of carbonyl (C=O) groups is 2. The van der Waals surface area contributed by atoms with Gasteiger partial charge in [0.15, 0.2) is 5.78 Å². The predicted octanol–water partition coefficient (Wildman–Crippen LogP) is 2.98. The first-order valence-electron chi connectivity index (χ1n) is 5.52. The van der Waals surface area contributed by atoms with Gasteiger partial charge in [-0.15, -0.1) is 0 Å². The molecule has 5 heteroatoms. The molecule has 0 aliphatic heterocycles. The molecule has 18 heavy (non-hydrogen) atoms. The summed E-state index contributed by atoms with van der Waals surface area (Å²) < 4.78 is 10.3. The second-order valence-corrected chi connectivity index (χ2v) is 4.56. The molecule has 0 N–H and O–H groups in total. The molecule has 0 spiro atoms.